The van der Waals surface area contributed by atoms with Crippen molar-refractivity contribution in [3.8, 4) is 6.07 Å². The third-order valence-corrected chi connectivity index (χ3v) is 5.30. The van der Waals surface area contributed by atoms with Crippen LogP contribution in [0.5, 0.6) is 0 Å². The molecule has 0 bridgehead atoms. The molecule has 3 rings (SSSR count). The van der Waals surface area contributed by atoms with Gasteiger partial charge in [0.2, 0.25) is 5.89 Å². The minimum Gasteiger partial charge on any atom is -0.440 e. The summed E-state index contributed by atoms with van der Waals surface area (Å²) in [4.78, 5) is 9.27. The fourth-order valence-electron chi connectivity index (χ4n) is 3.48. The Morgan fingerprint density at radius 3 is 3.03 bits per heavy atom. The number of benzene rings is 1. The van der Waals surface area contributed by atoms with E-state index in [2.05, 4.69) is 25.4 Å². The molecule has 0 saturated heterocycles. The average molecular weight is 391 g/mol. The quantitative estimate of drug-likeness (QED) is 0.345. The van der Waals surface area contributed by atoms with E-state index in [1.165, 1.54) is 12.1 Å². The Kier molecular flexibility index (Phi) is 6.77. The zero-order chi connectivity index (χ0) is 20.8. The van der Waals surface area contributed by atoms with Gasteiger partial charge in [0.05, 0.1) is 17.3 Å². The number of hydrogen-bond acceptors (Lipinski definition) is 4. The summed E-state index contributed by atoms with van der Waals surface area (Å²) in [6.45, 7) is 7.99. The Bertz CT molecular complexity index is 980. The molecule has 0 N–H and O–H groups in total. The molecule has 1 aromatic heterocycles. The topological polar surface area (TPSA) is 62.2 Å². The maximum Gasteiger partial charge on any atom is 0.245 e. The molecule has 1 aliphatic carbocycles. The second-order valence-corrected chi connectivity index (χ2v) is 7.52. The maximum absolute atomic E-state index is 13.9. The molecule has 29 heavy (non-hydrogen) atoms. The molecule has 0 aliphatic heterocycles. The number of oxazole rings is 1. The second kappa shape index (κ2) is 9.47. The first-order valence-corrected chi connectivity index (χ1v) is 10.1. The molecule has 2 unspecified atom stereocenters. The Morgan fingerprint density at radius 2 is 2.31 bits per heavy atom. The molecule has 2 atom stereocenters. The first kappa shape index (κ1) is 20.7. The van der Waals surface area contributed by atoms with Crippen LogP contribution in [0.3, 0.4) is 0 Å². The van der Waals surface area contributed by atoms with Crippen molar-refractivity contribution in [2.45, 2.75) is 51.9 Å². The van der Waals surface area contributed by atoms with Gasteiger partial charge >= 0.3 is 0 Å². The van der Waals surface area contributed by atoms with Crippen LogP contribution in [-0.2, 0) is 12.8 Å². The fraction of sp³-hybridized carbons (Fsp3) is 0.375. The van der Waals surface area contributed by atoms with Crippen molar-refractivity contribution in [3.05, 3.63) is 71.2 Å². The molecule has 1 aromatic carbocycles. The summed E-state index contributed by atoms with van der Waals surface area (Å²) in [5.74, 6) is 1.45. The van der Waals surface area contributed by atoms with E-state index in [1.54, 1.807) is 18.2 Å². The Labute approximate surface area is 171 Å². The minimum absolute atomic E-state index is 0.104. The number of fused-ring (bicyclic) bond motifs is 1. The van der Waals surface area contributed by atoms with Gasteiger partial charge in [0, 0.05) is 19.1 Å². The zero-order valence-electron chi connectivity index (χ0n) is 17.0. The van der Waals surface area contributed by atoms with Gasteiger partial charge in [-0.3, -0.25) is 4.99 Å². The molecule has 1 heterocycles. The van der Waals surface area contributed by atoms with Gasteiger partial charge in [-0.05, 0) is 60.9 Å². The predicted octanol–water partition coefficient (Wildman–Crippen LogP) is 5.99. The van der Waals surface area contributed by atoms with Crippen molar-refractivity contribution in [1.82, 2.24) is 4.98 Å². The minimum atomic E-state index is -0.375. The van der Waals surface area contributed by atoms with Gasteiger partial charge in [-0.1, -0.05) is 26.5 Å². The van der Waals surface area contributed by atoms with Gasteiger partial charge in [0.15, 0.2) is 0 Å². The molecule has 5 heteroatoms. The maximum atomic E-state index is 13.9. The van der Waals surface area contributed by atoms with Gasteiger partial charge in [0.1, 0.15) is 17.3 Å². The van der Waals surface area contributed by atoms with E-state index in [9.17, 15) is 4.39 Å². The fourth-order valence-corrected chi connectivity index (χ4v) is 3.48. The molecular formula is C24H26FN3O. The molecule has 0 spiro atoms. The highest BCUT2D eigenvalue weighted by molar-refractivity contribution is 5.72. The van der Waals surface area contributed by atoms with Crippen molar-refractivity contribution in [1.29, 1.82) is 5.26 Å². The van der Waals surface area contributed by atoms with Crippen LogP contribution in [0.25, 0.3) is 5.70 Å². The van der Waals surface area contributed by atoms with Gasteiger partial charge < -0.3 is 4.42 Å². The predicted molar refractivity (Wildman–Crippen MR) is 113 cm³/mol. The number of hydrogen-bond donors (Lipinski definition) is 0. The largest absolute Gasteiger partial charge is 0.440 e. The van der Waals surface area contributed by atoms with E-state index in [-0.39, 0.29) is 11.7 Å². The number of rotatable bonds is 6. The lowest BCUT2D eigenvalue weighted by Gasteiger charge is -2.14. The highest BCUT2D eigenvalue weighted by atomic mass is 19.1. The summed E-state index contributed by atoms with van der Waals surface area (Å²) in [5, 5.41) is 9.15. The molecule has 0 saturated carbocycles. The van der Waals surface area contributed by atoms with Gasteiger partial charge in [0.25, 0.3) is 0 Å². The van der Waals surface area contributed by atoms with E-state index in [0.717, 1.165) is 42.7 Å². The van der Waals surface area contributed by atoms with Gasteiger partial charge in [-0.15, -0.1) is 0 Å². The van der Waals surface area contributed by atoms with Crippen LogP contribution in [0.4, 0.5) is 4.39 Å². The Morgan fingerprint density at radius 1 is 1.48 bits per heavy atom. The lowest BCUT2D eigenvalue weighted by atomic mass is 9.90. The van der Waals surface area contributed by atoms with E-state index in [1.807, 2.05) is 12.3 Å². The van der Waals surface area contributed by atoms with E-state index < -0.39 is 0 Å². The molecule has 4 nitrogen and oxygen atoms in total. The molecule has 1 aliphatic rings. The van der Waals surface area contributed by atoms with E-state index in [0.29, 0.717) is 29.5 Å². The zero-order valence-corrected chi connectivity index (χ0v) is 17.0. The third kappa shape index (κ3) is 5.08. The first-order valence-electron chi connectivity index (χ1n) is 10.1. The molecule has 0 radical (unpaired) electrons. The van der Waals surface area contributed by atoms with Crippen molar-refractivity contribution in [2.75, 3.05) is 0 Å². The standard InChI is InChI=1S/C24H26FN3O/c1-4-7-21(27-15-16(3)5-2)24-28-22-13-18(8-6-9-23(22)29-24)19-10-17(14-26)11-20(25)12-19/h4,7,10-12,15-16,18H,1,5-6,8-9,13H2,2-3H3/b21-7-,27-15?. The molecule has 0 amide bonds. The highest BCUT2D eigenvalue weighted by Gasteiger charge is 2.24. The van der Waals surface area contributed by atoms with E-state index in [4.69, 9.17) is 14.7 Å². The van der Waals surface area contributed by atoms with Crippen LogP contribution in [0, 0.1) is 23.1 Å². The number of aromatic nitrogens is 1. The lowest BCUT2D eigenvalue weighted by Crippen LogP contribution is -2.04. The monoisotopic (exact) mass is 391 g/mol. The van der Waals surface area contributed by atoms with Crippen LogP contribution < -0.4 is 0 Å². The van der Waals surface area contributed by atoms with Crippen LogP contribution in [0.2, 0.25) is 0 Å². The summed E-state index contributed by atoms with van der Waals surface area (Å²) in [7, 11) is 0. The molecular weight excluding hydrogens is 365 g/mol. The average Bonchev–Trinajstić information content (AvgIpc) is 3.01. The van der Waals surface area contributed by atoms with Crippen molar-refractivity contribution >= 4 is 11.9 Å². The number of nitriles is 1. The highest BCUT2D eigenvalue weighted by Crippen LogP contribution is 2.33. The number of halogens is 1. The van der Waals surface area contributed by atoms with E-state index >= 15 is 0 Å². The Hall–Kier alpha value is -3.00. The van der Waals surface area contributed by atoms with Crippen LogP contribution in [0.1, 0.15) is 67.5 Å². The Balaban J connectivity index is 1.89. The summed E-state index contributed by atoms with van der Waals surface area (Å²) in [5.41, 5.74) is 2.73. The summed E-state index contributed by atoms with van der Waals surface area (Å²) < 4.78 is 20.0. The van der Waals surface area contributed by atoms with Crippen LogP contribution >= 0.6 is 0 Å². The van der Waals surface area contributed by atoms with Crippen molar-refractivity contribution in [2.24, 2.45) is 10.9 Å². The number of allylic oxidation sites excluding steroid dienone is 2. The molecule has 2 aromatic rings. The first-order chi connectivity index (χ1) is 14.0. The van der Waals surface area contributed by atoms with Crippen LogP contribution in [0.15, 0.2) is 46.3 Å². The molecule has 150 valence electrons. The van der Waals surface area contributed by atoms with Gasteiger partial charge in [-0.25, -0.2) is 9.37 Å². The lowest BCUT2D eigenvalue weighted by molar-refractivity contribution is 0.481. The summed E-state index contributed by atoms with van der Waals surface area (Å²) in [6.07, 6.45) is 9.65. The number of aryl methyl sites for hydroxylation is 1. The molecule has 0 fully saturated rings. The normalized spacial score (nSPS) is 18.1. The summed E-state index contributed by atoms with van der Waals surface area (Å²) in [6, 6.07) is 6.60. The smallest absolute Gasteiger partial charge is 0.245 e. The number of aliphatic imine (C=N–C) groups is 1. The van der Waals surface area contributed by atoms with Gasteiger partial charge in [-0.2, -0.15) is 5.26 Å². The SMILES string of the molecule is C=C/C=C(\N=CC(C)CC)c1nc2c(o1)CCCC(c1cc(F)cc(C#N)c1)C2. The number of nitrogens with zero attached hydrogens (tertiary/aromatic N) is 3. The van der Waals surface area contributed by atoms with Crippen molar-refractivity contribution < 1.29 is 8.81 Å². The third-order valence-electron chi connectivity index (χ3n) is 5.30. The van der Waals surface area contributed by atoms with Crippen molar-refractivity contribution in [3.63, 3.8) is 0 Å². The van der Waals surface area contributed by atoms with Crippen LogP contribution in [-0.4, -0.2) is 11.2 Å². The second-order valence-electron chi connectivity index (χ2n) is 7.52. The summed E-state index contributed by atoms with van der Waals surface area (Å²) >= 11 is 0.